The fourth-order valence-electron chi connectivity index (χ4n) is 5.07. The molecule has 12 heteroatoms. The maximum atomic E-state index is 15.2. The number of thiocarbonyl (C=S) groups is 1. The van der Waals surface area contributed by atoms with Crippen molar-refractivity contribution in [2.24, 2.45) is 5.92 Å². The van der Waals surface area contributed by atoms with Gasteiger partial charge in [-0.2, -0.15) is 0 Å². The molecule has 10 nitrogen and oxygen atoms in total. The molecule has 0 aromatic heterocycles. The fraction of sp³-hybridized carbons (Fsp3) is 0.467. The molecular weight excluding hydrogens is 561 g/mol. The largest absolute Gasteiger partial charge is 0.452 e. The molecule has 2 aromatic carbocycles. The number of carbonyl (C=O) groups is 3. The SMILES string of the molecule is CN(C)Cc1ccc(C(=O)OCC(=O)N2CCN(c3ccc(N4C[C@H](CNC(=S)C5CC5)OC4=O)cc3F)CC2)cc1. The molecule has 224 valence electrons. The topological polar surface area (TPSA) is 94.7 Å². The third kappa shape index (κ3) is 7.35. The monoisotopic (exact) mass is 597 g/mol. The van der Waals surface area contributed by atoms with Gasteiger partial charge in [0.15, 0.2) is 6.61 Å². The minimum Gasteiger partial charge on any atom is -0.452 e. The molecule has 42 heavy (non-hydrogen) atoms. The van der Waals surface area contributed by atoms with Crippen LogP contribution in [0, 0.1) is 11.7 Å². The van der Waals surface area contributed by atoms with E-state index in [1.54, 1.807) is 29.2 Å². The Morgan fingerprint density at radius 2 is 1.81 bits per heavy atom. The van der Waals surface area contributed by atoms with Crippen LogP contribution in [0.5, 0.6) is 0 Å². The van der Waals surface area contributed by atoms with Gasteiger partial charge in [-0.3, -0.25) is 9.69 Å². The van der Waals surface area contributed by atoms with Crippen molar-refractivity contribution in [1.82, 2.24) is 15.1 Å². The maximum absolute atomic E-state index is 15.2. The van der Waals surface area contributed by atoms with Crippen molar-refractivity contribution >= 4 is 46.6 Å². The van der Waals surface area contributed by atoms with E-state index in [-0.39, 0.29) is 18.6 Å². The number of ether oxygens (including phenoxy) is 2. The Hall–Kier alpha value is -3.77. The summed E-state index contributed by atoms with van der Waals surface area (Å²) in [5.41, 5.74) is 2.29. The number of cyclic esters (lactones) is 1. The quantitative estimate of drug-likeness (QED) is 0.328. The van der Waals surface area contributed by atoms with Gasteiger partial charge in [-0.15, -0.1) is 0 Å². The van der Waals surface area contributed by atoms with Crippen LogP contribution in [-0.4, -0.2) is 98.8 Å². The molecule has 2 aliphatic heterocycles. The smallest absolute Gasteiger partial charge is 0.414 e. The van der Waals surface area contributed by atoms with Crippen LogP contribution >= 0.6 is 12.2 Å². The van der Waals surface area contributed by atoms with Crippen LogP contribution in [0.3, 0.4) is 0 Å². The van der Waals surface area contributed by atoms with Crippen LogP contribution < -0.4 is 15.1 Å². The van der Waals surface area contributed by atoms with Crippen molar-refractivity contribution < 1.29 is 28.2 Å². The van der Waals surface area contributed by atoms with E-state index in [2.05, 4.69) is 5.32 Å². The highest BCUT2D eigenvalue weighted by Gasteiger charge is 2.34. The lowest BCUT2D eigenvalue weighted by Gasteiger charge is -2.36. The van der Waals surface area contributed by atoms with Gasteiger partial charge < -0.3 is 29.5 Å². The lowest BCUT2D eigenvalue weighted by atomic mass is 10.1. The highest BCUT2D eigenvalue weighted by atomic mass is 32.1. The number of nitrogens with zero attached hydrogens (tertiary/aromatic N) is 4. The van der Waals surface area contributed by atoms with E-state index in [0.29, 0.717) is 62.1 Å². The number of anilines is 2. The van der Waals surface area contributed by atoms with Crippen molar-refractivity contribution in [3.8, 4) is 0 Å². The van der Waals surface area contributed by atoms with Gasteiger partial charge >= 0.3 is 12.1 Å². The Balaban J connectivity index is 1.08. The molecule has 5 rings (SSSR count). The molecule has 0 bridgehead atoms. The van der Waals surface area contributed by atoms with Gasteiger partial charge in [0.25, 0.3) is 5.91 Å². The van der Waals surface area contributed by atoms with Crippen LogP contribution in [0.25, 0.3) is 0 Å². The highest BCUT2D eigenvalue weighted by molar-refractivity contribution is 7.80. The van der Waals surface area contributed by atoms with Crippen LogP contribution in [0.4, 0.5) is 20.6 Å². The summed E-state index contributed by atoms with van der Waals surface area (Å²) in [5, 5.41) is 3.17. The van der Waals surface area contributed by atoms with E-state index in [0.717, 1.165) is 29.9 Å². The van der Waals surface area contributed by atoms with Gasteiger partial charge in [0.1, 0.15) is 11.9 Å². The molecule has 1 aliphatic carbocycles. The maximum Gasteiger partial charge on any atom is 0.414 e. The summed E-state index contributed by atoms with van der Waals surface area (Å²) in [4.78, 5) is 45.2. The van der Waals surface area contributed by atoms with Crippen LogP contribution in [-0.2, 0) is 20.8 Å². The lowest BCUT2D eigenvalue weighted by molar-refractivity contribution is -0.134. The average Bonchev–Trinajstić information content (AvgIpc) is 3.76. The fourth-order valence-corrected chi connectivity index (χ4v) is 5.39. The Bertz CT molecular complexity index is 1330. The second-order valence-corrected chi connectivity index (χ2v) is 11.6. The Kier molecular flexibility index (Phi) is 9.22. The molecule has 2 amide bonds. The molecule has 0 spiro atoms. The first-order chi connectivity index (χ1) is 20.2. The third-order valence-corrected chi connectivity index (χ3v) is 8.04. The van der Waals surface area contributed by atoms with Crippen molar-refractivity contribution in [1.29, 1.82) is 0 Å². The van der Waals surface area contributed by atoms with E-state index in [1.165, 1.54) is 11.0 Å². The third-order valence-electron chi connectivity index (χ3n) is 7.56. The Labute approximate surface area is 250 Å². The number of esters is 1. The second kappa shape index (κ2) is 13.0. The summed E-state index contributed by atoms with van der Waals surface area (Å²) in [6, 6.07) is 11.8. The Morgan fingerprint density at radius 1 is 1.10 bits per heavy atom. The van der Waals surface area contributed by atoms with Crippen molar-refractivity contribution in [2.45, 2.75) is 25.5 Å². The number of carbonyl (C=O) groups excluding carboxylic acids is 3. The van der Waals surface area contributed by atoms with Gasteiger partial charge in [-0.1, -0.05) is 24.4 Å². The van der Waals surface area contributed by atoms with Crippen molar-refractivity contribution in [2.75, 3.05) is 69.8 Å². The highest BCUT2D eigenvalue weighted by Crippen LogP contribution is 2.30. The predicted octanol–water partition coefficient (Wildman–Crippen LogP) is 3.05. The number of rotatable bonds is 10. The number of hydrogen-bond acceptors (Lipinski definition) is 8. The number of benzene rings is 2. The van der Waals surface area contributed by atoms with Gasteiger partial charge in [0.05, 0.1) is 35.0 Å². The molecule has 0 unspecified atom stereocenters. The van der Waals surface area contributed by atoms with Gasteiger partial charge in [-0.05, 0) is 62.8 Å². The van der Waals surface area contributed by atoms with E-state index >= 15 is 4.39 Å². The lowest BCUT2D eigenvalue weighted by Crippen LogP contribution is -2.50. The summed E-state index contributed by atoms with van der Waals surface area (Å²) in [7, 11) is 3.93. The number of piperazine rings is 1. The molecular formula is C30H36FN5O5S. The normalized spacial score (nSPS) is 18.7. The minimum atomic E-state index is -0.549. The van der Waals surface area contributed by atoms with E-state index in [1.807, 2.05) is 36.0 Å². The first-order valence-electron chi connectivity index (χ1n) is 14.2. The standard InChI is InChI=1S/C30H36FN5O5S/c1-33(2)17-20-3-5-22(6-4-20)29(38)40-19-27(37)35-13-11-34(12-14-35)26-10-9-23(15-25(26)31)36-18-24(41-30(36)39)16-32-28(42)21-7-8-21/h3-6,9-10,15,21,24H,7-8,11-14,16-19H2,1-2H3,(H,32,42)/t24-/m0/s1. The average molecular weight is 598 g/mol. The minimum absolute atomic E-state index is 0.294. The first-order valence-corrected chi connectivity index (χ1v) is 14.6. The molecule has 2 saturated heterocycles. The zero-order chi connectivity index (χ0) is 29.8. The molecule has 3 aliphatic rings. The number of nitrogens with one attached hydrogen (secondary N) is 1. The van der Waals surface area contributed by atoms with Crippen LogP contribution in [0.2, 0.25) is 0 Å². The second-order valence-electron chi connectivity index (χ2n) is 11.2. The van der Waals surface area contributed by atoms with Crippen LogP contribution in [0.15, 0.2) is 42.5 Å². The summed E-state index contributed by atoms with van der Waals surface area (Å²) >= 11 is 5.34. The molecule has 1 saturated carbocycles. The predicted molar refractivity (Wildman–Crippen MR) is 160 cm³/mol. The molecule has 1 atom stereocenters. The molecule has 2 heterocycles. The van der Waals surface area contributed by atoms with Crippen molar-refractivity contribution in [3.05, 3.63) is 59.4 Å². The van der Waals surface area contributed by atoms with E-state index < -0.39 is 17.9 Å². The van der Waals surface area contributed by atoms with Gasteiger partial charge in [0.2, 0.25) is 0 Å². The van der Waals surface area contributed by atoms with Crippen molar-refractivity contribution in [3.63, 3.8) is 0 Å². The van der Waals surface area contributed by atoms with Crippen LogP contribution in [0.1, 0.15) is 28.8 Å². The molecule has 0 radical (unpaired) electrons. The Morgan fingerprint density at radius 3 is 2.45 bits per heavy atom. The van der Waals surface area contributed by atoms with Gasteiger partial charge in [0, 0.05) is 38.6 Å². The molecule has 2 aromatic rings. The summed E-state index contributed by atoms with van der Waals surface area (Å²) in [5.74, 6) is -0.861. The number of amides is 2. The molecule has 3 fully saturated rings. The van der Waals surface area contributed by atoms with E-state index in [9.17, 15) is 14.4 Å². The zero-order valence-electron chi connectivity index (χ0n) is 23.9. The number of halogens is 1. The molecule has 1 N–H and O–H groups in total. The van der Waals surface area contributed by atoms with E-state index in [4.69, 9.17) is 21.7 Å². The summed E-state index contributed by atoms with van der Waals surface area (Å²) in [6.45, 7) is 2.73. The zero-order valence-corrected chi connectivity index (χ0v) is 24.7. The van der Waals surface area contributed by atoms with Gasteiger partial charge in [-0.25, -0.2) is 14.0 Å². The first kappa shape index (κ1) is 29.7. The summed E-state index contributed by atoms with van der Waals surface area (Å²) in [6.07, 6.45) is 1.32. The number of hydrogen-bond donors (Lipinski definition) is 1. The summed E-state index contributed by atoms with van der Waals surface area (Å²) < 4.78 is 25.9.